The number of ether oxygens (including phenoxy) is 1. The molecule has 0 unspecified atom stereocenters. The summed E-state index contributed by atoms with van der Waals surface area (Å²) in [6.07, 6.45) is 2.74. The number of amides is 1. The zero-order valence-electron chi connectivity index (χ0n) is 21.0. The molecule has 1 saturated carbocycles. The topological polar surface area (TPSA) is 97.7 Å². The average molecular weight is 504 g/mol. The fourth-order valence-corrected chi connectivity index (χ4v) is 5.42. The van der Waals surface area contributed by atoms with Gasteiger partial charge in [-0.15, -0.1) is 0 Å². The monoisotopic (exact) mass is 503 g/mol. The zero-order chi connectivity index (χ0) is 25.4. The second-order valence-electron chi connectivity index (χ2n) is 10.8. The van der Waals surface area contributed by atoms with Crippen LogP contribution in [-0.4, -0.2) is 65.4 Å². The highest BCUT2D eigenvalue weighted by atomic mass is 19.1. The van der Waals surface area contributed by atoms with E-state index in [1.807, 2.05) is 13.8 Å². The minimum absolute atomic E-state index is 0.0686. The molecule has 3 aliphatic rings. The second-order valence-corrected chi connectivity index (χ2v) is 10.8. The lowest BCUT2D eigenvalue weighted by atomic mass is 9.86. The van der Waals surface area contributed by atoms with E-state index < -0.39 is 12.0 Å². The Morgan fingerprint density at radius 1 is 1.31 bits per heavy atom. The third-order valence-corrected chi connectivity index (χ3v) is 7.96. The van der Waals surface area contributed by atoms with Crippen molar-refractivity contribution in [1.82, 2.24) is 15.0 Å². The molecular weight excluding hydrogens is 468 g/mol. The van der Waals surface area contributed by atoms with Crippen LogP contribution < -0.4 is 15.4 Å². The molecule has 1 aliphatic carbocycles. The molecular formula is C26H35F2N5O3. The van der Waals surface area contributed by atoms with Crippen molar-refractivity contribution in [3.8, 4) is 5.75 Å². The smallest absolute Gasteiger partial charge is 0.324 e. The van der Waals surface area contributed by atoms with E-state index in [9.17, 15) is 13.6 Å². The van der Waals surface area contributed by atoms with Gasteiger partial charge in [-0.1, -0.05) is 25.1 Å². The Balaban J connectivity index is 1.04. The standard InChI is InChI=1S/C26H35F2N5O3/c1-16(2)24-30-25(36-31-24)32-8-5-18(6-9-32)26(29)13-19(26)7-10-35-21-4-3-17(22(28)12-21)11-23(34)33-14-20(27)15-33/h3-4,12,16,18-20H,5-11,13-15,29H2,1-2H3/t19-,26+/m1/s1. The summed E-state index contributed by atoms with van der Waals surface area (Å²) < 4.78 is 38.6. The first-order valence-corrected chi connectivity index (χ1v) is 12.9. The fraction of sp³-hybridized carbons (Fsp3) is 0.654. The molecule has 2 atom stereocenters. The van der Waals surface area contributed by atoms with Crippen molar-refractivity contribution < 1.29 is 22.8 Å². The highest BCUT2D eigenvalue weighted by Crippen LogP contribution is 2.52. The number of aromatic nitrogens is 2. The summed E-state index contributed by atoms with van der Waals surface area (Å²) in [5, 5.41) is 4.06. The van der Waals surface area contributed by atoms with Gasteiger partial charge in [-0.3, -0.25) is 4.79 Å². The van der Waals surface area contributed by atoms with Crippen molar-refractivity contribution in [3.05, 3.63) is 35.4 Å². The van der Waals surface area contributed by atoms with Crippen LogP contribution in [0.2, 0.25) is 0 Å². The number of carbonyl (C=O) groups excluding carboxylic acids is 1. The summed E-state index contributed by atoms with van der Waals surface area (Å²) >= 11 is 0. The molecule has 0 radical (unpaired) electrons. The Morgan fingerprint density at radius 2 is 2.06 bits per heavy atom. The Labute approximate surface area is 210 Å². The zero-order valence-corrected chi connectivity index (χ0v) is 21.0. The van der Waals surface area contributed by atoms with Crippen molar-refractivity contribution in [3.63, 3.8) is 0 Å². The first kappa shape index (κ1) is 24.9. The fourth-order valence-electron chi connectivity index (χ4n) is 5.42. The van der Waals surface area contributed by atoms with Crippen molar-refractivity contribution in [2.75, 3.05) is 37.7 Å². The van der Waals surface area contributed by atoms with Crippen LogP contribution >= 0.6 is 0 Å². The normalized spacial score (nSPS) is 24.8. The molecule has 1 aromatic carbocycles. The van der Waals surface area contributed by atoms with Gasteiger partial charge in [-0.05, 0) is 49.1 Å². The largest absolute Gasteiger partial charge is 0.493 e. The Morgan fingerprint density at radius 3 is 2.69 bits per heavy atom. The Hall–Kier alpha value is -2.75. The molecule has 5 rings (SSSR count). The molecule has 2 saturated heterocycles. The minimum atomic E-state index is -0.962. The molecule has 0 spiro atoms. The van der Waals surface area contributed by atoms with E-state index in [1.54, 1.807) is 12.1 Å². The molecule has 2 aliphatic heterocycles. The minimum Gasteiger partial charge on any atom is -0.493 e. The van der Waals surface area contributed by atoms with Crippen LogP contribution in [-0.2, 0) is 11.2 Å². The molecule has 2 N–H and O–H groups in total. The predicted octanol–water partition coefficient (Wildman–Crippen LogP) is 3.46. The summed E-state index contributed by atoms with van der Waals surface area (Å²) in [6.45, 7) is 6.46. The van der Waals surface area contributed by atoms with Crippen LogP contribution in [0.4, 0.5) is 14.8 Å². The number of nitrogens with zero attached hydrogens (tertiary/aromatic N) is 4. The van der Waals surface area contributed by atoms with Crippen molar-refractivity contribution in [2.24, 2.45) is 17.6 Å². The number of rotatable bonds is 9. The van der Waals surface area contributed by atoms with Gasteiger partial charge in [0, 0.05) is 30.6 Å². The number of carbonyl (C=O) groups is 1. The van der Waals surface area contributed by atoms with Crippen LogP contribution in [0, 0.1) is 17.7 Å². The molecule has 196 valence electrons. The number of halogens is 2. The molecule has 3 fully saturated rings. The van der Waals surface area contributed by atoms with Gasteiger partial charge in [0.2, 0.25) is 5.91 Å². The lowest BCUT2D eigenvalue weighted by Gasteiger charge is -2.34. The second kappa shape index (κ2) is 9.95. The average Bonchev–Trinajstić information content (AvgIpc) is 3.25. The predicted molar refractivity (Wildman–Crippen MR) is 130 cm³/mol. The number of nitrogens with two attached hydrogens (primary N) is 1. The molecule has 1 aromatic heterocycles. The Kier molecular flexibility index (Phi) is 6.89. The maximum Gasteiger partial charge on any atom is 0.324 e. The maximum absolute atomic E-state index is 14.5. The molecule has 1 amide bonds. The number of hydrogen-bond donors (Lipinski definition) is 1. The van der Waals surface area contributed by atoms with E-state index >= 15 is 0 Å². The number of piperidine rings is 1. The van der Waals surface area contributed by atoms with E-state index in [2.05, 4.69) is 15.0 Å². The van der Waals surface area contributed by atoms with Crippen molar-refractivity contribution in [1.29, 1.82) is 0 Å². The molecule has 2 aromatic rings. The van der Waals surface area contributed by atoms with Gasteiger partial charge in [0.25, 0.3) is 0 Å². The third-order valence-electron chi connectivity index (χ3n) is 7.96. The van der Waals surface area contributed by atoms with Crippen LogP contribution in [0.25, 0.3) is 0 Å². The molecule has 10 heteroatoms. The van der Waals surface area contributed by atoms with Gasteiger partial charge >= 0.3 is 6.01 Å². The van der Waals surface area contributed by atoms with Gasteiger partial charge in [0.05, 0.1) is 26.1 Å². The number of benzene rings is 1. The lowest BCUT2D eigenvalue weighted by molar-refractivity contribution is -0.137. The van der Waals surface area contributed by atoms with Crippen LogP contribution in [0.5, 0.6) is 5.75 Å². The summed E-state index contributed by atoms with van der Waals surface area (Å²) in [5.41, 5.74) is 6.90. The van der Waals surface area contributed by atoms with E-state index in [1.165, 1.54) is 11.0 Å². The van der Waals surface area contributed by atoms with Crippen LogP contribution in [0.1, 0.15) is 56.8 Å². The summed E-state index contributed by atoms with van der Waals surface area (Å²) in [7, 11) is 0. The summed E-state index contributed by atoms with van der Waals surface area (Å²) in [4.78, 5) is 20.1. The number of hydrogen-bond acceptors (Lipinski definition) is 7. The highest BCUT2D eigenvalue weighted by Gasteiger charge is 2.55. The molecule has 3 heterocycles. The lowest BCUT2D eigenvalue weighted by Crippen LogP contribution is -2.52. The van der Waals surface area contributed by atoms with Gasteiger partial charge in [0.15, 0.2) is 5.82 Å². The summed E-state index contributed by atoms with van der Waals surface area (Å²) in [6, 6.07) is 5.17. The molecule has 0 bridgehead atoms. The van der Waals surface area contributed by atoms with E-state index in [0.717, 1.165) is 44.6 Å². The van der Waals surface area contributed by atoms with Gasteiger partial charge in [-0.25, -0.2) is 8.78 Å². The van der Waals surface area contributed by atoms with Gasteiger partial charge in [0.1, 0.15) is 17.7 Å². The maximum atomic E-state index is 14.5. The SMILES string of the molecule is CC(C)c1noc(N2CCC([C@@]3(N)C[C@H]3CCOc3ccc(CC(=O)N4CC(F)C4)c(F)c3)CC2)n1. The van der Waals surface area contributed by atoms with E-state index in [-0.39, 0.29) is 36.9 Å². The van der Waals surface area contributed by atoms with Crippen LogP contribution in [0.15, 0.2) is 22.7 Å². The summed E-state index contributed by atoms with van der Waals surface area (Å²) in [5.74, 6) is 1.51. The highest BCUT2D eigenvalue weighted by molar-refractivity contribution is 5.79. The van der Waals surface area contributed by atoms with Gasteiger partial charge in [-0.2, -0.15) is 4.98 Å². The first-order valence-electron chi connectivity index (χ1n) is 12.9. The van der Waals surface area contributed by atoms with E-state index in [0.29, 0.717) is 35.8 Å². The third kappa shape index (κ3) is 5.19. The van der Waals surface area contributed by atoms with E-state index in [4.69, 9.17) is 15.0 Å². The number of anilines is 1. The quantitative estimate of drug-likeness (QED) is 0.560. The molecule has 36 heavy (non-hydrogen) atoms. The first-order chi connectivity index (χ1) is 17.2. The van der Waals surface area contributed by atoms with Crippen molar-refractivity contribution in [2.45, 2.75) is 63.6 Å². The number of likely N-dealkylation sites (tertiary alicyclic amines) is 1. The van der Waals surface area contributed by atoms with Gasteiger partial charge < -0.3 is 24.8 Å². The van der Waals surface area contributed by atoms with Crippen molar-refractivity contribution >= 4 is 11.9 Å². The Bertz CT molecular complexity index is 1080. The van der Waals surface area contributed by atoms with Crippen LogP contribution in [0.3, 0.4) is 0 Å². The molecule has 8 nitrogen and oxygen atoms in total. The number of alkyl halides is 1.